The monoisotopic (exact) mass is 315 g/mol. The third kappa shape index (κ3) is 3.19. The molecule has 20 heavy (non-hydrogen) atoms. The second-order valence-electron chi connectivity index (χ2n) is 5.02. The molecule has 0 radical (unpaired) electrons. The molecule has 1 N–H and O–H groups in total. The number of aliphatic hydroxyl groups excluding tert-OH is 1. The van der Waals surface area contributed by atoms with Crippen LogP contribution in [0.15, 0.2) is 23.1 Å². The molecule has 2 rings (SSSR count). The van der Waals surface area contributed by atoms with Crippen LogP contribution in [0.4, 0.5) is 0 Å². The minimum absolute atomic E-state index is 0.143. The maximum Gasteiger partial charge on any atom is 0.243 e. The first-order valence-corrected chi connectivity index (χ1v) is 9.30. The number of benzene rings is 1. The Balaban J connectivity index is 2.34. The van der Waals surface area contributed by atoms with Gasteiger partial charge in [-0.1, -0.05) is 19.1 Å². The molecule has 1 saturated heterocycles. The van der Waals surface area contributed by atoms with E-state index in [9.17, 15) is 13.5 Å². The molecule has 1 aliphatic rings. The predicted molar refractivity (Wildman–Crippen MR) is 82.4 cm³/mol. The van der Waals surface area contributed by atoms with E-state index in [-0.39, 0.29) is 6.61 Å². The van der Waals surface area contributed by atoms with E-state index in [0.29, 0.717) is 28.8 Å². The summed E-state index contributed by atoms with van der Waals surface area (Å²) in [5.41, 5.74) is 1.36. The Labute approximate surface area is 125 Å². The van der Waals surface area contributed by atoms with Crippen molar-refractivity contribution < 1.29 is 13.5 Å². The summed E-state index contributed by atoms with van der Waals surface area (Å²) in [5.74, 6) is 0.844. The van der Waals surface area contributed by atoms with Crippen LogP contribution in [0.2, 0.25) is 0 Å². The van der Waals surface area contributed by atoms with E-state index < -0.39 is 10.0 Å². The van der Waals surface area contributed by atoms with Crippen molar-refractivity contribution in [2.24, 2.45) is 0 Å². The van der Waals surface area contributed by atoms with Gasteiger partial charge >= 0.3 is 0 Å². The number of hydrogen-bond donors (Lipinski definition) is 1. The summed E-state index contributed by atoms with van der Waals surface area (Å²) >= 11 is 1.84. The first-order chi connectivity index (χ1) is 9.48. The van der Waals surface area contributed by atoms with Crippen molar-refractivity contribution in [3.05, 3.63) is 29.3 Å². The molecule has 0 bridgehead atoms. The zero-order chi connectivity index (χ0) is 14.8. The van der Waals surface area contributed by atoms with Crippen LogP contribution in [0.25, 0.3) is 0 Å². The normalized spacial score (nSPS) is 21.1. The van der Waals surface area contributed by atoms with Crippen molar-refractivity contribution in [2.75, 3.05) is 18.8 Å². The molecule has 0 aromatic heterocycles. The van der Waals surface area contributed by atoms with Gasteiger partial charge in [0.1, 0.15) is 0 Å². The van der Waals surface area contributed by atoms with Crippen LogP contribution in [-0.4, -0.2) is 41.9 Å². The third-order valence-corrected chi connectivity index (χ3v) is 6.99. The molecular formula is C14H21NO3S2. The summed E-state index contributed by atoms with van der Waals surface area (Å²) in [4.78, 5) is 0.325. The van der Waals surface area contributed by atoms with E-state index in [0.717, 1.165) is 17.7 Å². The minimum atomic E-state index is -3.46. The molecule has 0 amide bonds. The third-order valence-electron chi connectivity index (χ3n) is 3.61. The first kappa shape index (κ1) is 15.8. The smallest absolute Gasteiger partial charge is 0.243 e. The number of thioether (sulfide) groups is 1. The van der Waals surface area contributed by atoms with Crippen molar-refractivity contribution >= 4 is 21.8 Å². The zero-order valence-electron chi connectivity index (χ0n) is 11.9. The molecule has 112 valence electrons. The SMILES string of the molecule is CCC1CN(S(=O)(=O)c2cc(CO)ccc2C)CCS1. The summed E-state index contributed by atoms with van der Waals surface area (Å²) in [6, 6.07) is 5.11. The lowest BCUT2D eigenvalue weighted by Gasteiger charge is -2.31. The highest BCUT2D eigenvalue weighted by molar-refractivity contribution is 8.00. The number of rotatable bonds is 4. The van der Waals surface area contributed by atoms with Crippen LogP contribution in [0.3, 0.4) is 0 Å². The summed E-state index contributed by atoms with van der Waals surface area (Å²) in [5, 5.41) is 9.57. The lowest BCUT2D eigenvalue weighted by molar-refractivity contribution is 0.281. The maximum atomic E-state index is 12.8. The molecule has 6 heteroatoms. The molecule has 1 atom stereocenters. The van der Waals surface area contributed by atoms with Gasteiger partial charge in [0.2, 0.25) is 10.0 Å². The molecule has 1 aromatic rings. The van der Waals surface area contributed by atoms with Crippen molar-refractivity contribution in [1.29, 1.82) is 0 Å². The first-order valence-electron chi connectivity index (χ1n) is 6.81. The number of aliphatic hydroxyl groups is 1. The Morgan fingerprint density at radius 3 is 2.85 bits per heavy atom. The number of aryl methyl sites for hydroxylation is 1. The van der Waals surface area contributed by atoms with Gasteiger partial charge in [-0.2, -0.15) is 16.1 Å². The Hall–Kier alpha value is -0.560. The summed E-state index contributed by atoms with van der Waals surface area (Å²) in [6.07, 6.45) is 0.979. The van der Waals surface area contributed by atoms with Gasteiger partial charge in [-0.25, -0.2) is 8.42 Å². The van der Waals surface area contributed by atoms with Gasteiger partial charge in [0.25, 0.3) is 0 Å². The summed E-state index contributed by atoms with van der Waals surface area (Å²) < 4.78 is 27.1. The van der Waals surface area contributed by atoms with Gasteiger partial charge in [0.15, 0.2) is 0 Å². The van der Waals surface area contributed by atoms with Gasteiger partial charge in [0, 0.05) is 24.1 Å². The van der Waals surface area contributed by atoms with Crippen LogP contribution in [0, 0.1) is 6.92 Å². The molecule has 0 spiro atoms. The van der Waals surface area contributed by atoms with E-state index >= 15 is 0 Å². The van der Waals surface area contributed by atoms with E-state index in [2.05, 4.69) is 6.92 Å². The molecule has 1 unspecified atom stereocenters. The maximum absolute atomic E-state index is 12.8. The Kier molecular flexibility index (Phi) is 5.12. The number of nitrogens with zero attached hydrogens (tertiary/aromatic N) is 1. The van der Waals surface area contributed by atoms with Crippen LogP contribution < -0.4 is 0 Å². The molecule has 1 aliphatic heterocycles. The van der Waals surface area contributed by atoms with Crippen LogP contribution in [0.5, 0.6) is 0 Å². The predicted octanol–water partition coefficient (Wildman–Crippen LogP) is 2.00. The average molecular weight is 315 g/mol. The molecular weight excluding hydrogens is 294 g/mol. The Morgan fingerprint density at radius 2 is 2.20 bits per heavy atom. The topological polar surface area (TPSA) is 57.6 Å². The fourth-order valence-corrected chi connectivity index (χ4v) is 5.47. The van der Waals surface area contributed by atoms with Crippen molar-refractivity contribution in [1.82, 2.24) is 4.31 Å². The molecule has 0 aliphatic carbocycles. The second-order valence-corrected chi connectivity index (χ2v) is 8.34. The van der Waals surface area contributed by atoms with Gasteiger partial charge in [-0.15, -0.1) is 0 Å². The number of hydrogen-bond acceptors (Lipinski definition) is 4. The standard InChI is InChI=1S/C14H21NO3S2/c1-3-13-9-15(6-7-19-13)20(17,18)14-8-12(10-16)5-4-11(14)2/h4-5,8,13,16H,3,6-7,9-10H2,1-2H3. The fraction of sp³-hybridized carbons (Fsp3) is 0.571. The highest BCUT2D eigenvalue weighted by atomic mass is 32.2. The lowest BCUT2D eigenvalue weighted by atomic mass is 10.2. The fourth-order valence-electron chi connectivity index (χ4n) is 2.32. The van der Waals surface area contributed by atoms with Crippen LogP contribution in [-0.2, 0) is 16.6 Å². The van der Waals surface area contributed by atoms with Gasteiger partial charge < -0.3 is 5.11 Å². The minimum Gasteiger partial charge on any atom is -0.392 e. The van der Waals surface area contributed by atoms with E-state index in [1.807, 2.05) is 11.8 Å². The van der Waals surface area contributed by atoms with Gasteiger partial charge in [-0.05, 0) is 30.5 Å². The van der Waals surface area contributed by atoms with Crippen molar-refractivity contribution in [3.8, 4) is 0 Å². The highest BCUT2D eigenvalue weighted by Crippen LogP contribution is 2.28. The lowest BCUT2D eigenvalue weighted by Crippen LogP contribution is -2.41. The van der Waals surface area contributed by atoms with E-state index in [1.54, 1.807) is 29.4 Å². The quantitative estimate of drug-likeness (QED) is 0.923. The molecule has 0 saturated carbocycles. The molecule has 4 nitrogen and oxygen atoms in total. The van der Waals surface area contributed by atoms with Gasteiger partial charge in [0.05, 0.1) is 11.5 Å². The summed E-state index contributed by atoms with van der Waals surface area (Å²) in [6.45, 7) is 4.88. The van der Waals surface area contributed by atoms with Crippen LogP contribution >= 0.6 is 11.8 Å². The largest absolute Gasteiger partial charge is 0.392 e. The molecule has 1 fully saturated rings. The second kappa shape index (κ2) is 6.47. The average Bonchev–Trinajstić information content (AvgIpc) is 2.47. The summed E-state index contributed by atoms with van der Waals surface area (Å²) in [7, 11) is -3.46. The Morgan fingerprint density at radius 1 is 1.45 bits per heavy atom. The highest BCUT2D eigenvalue weighted by Gasteiger charge is 2.30. The van der Waals surface area contributed by atoms with E-state index in [1.165, 1.54) is 0 Å². The molecule has 1 aromatic carbocycles. The zero-order valence-corrected chi connectivity index (χ0v) is 13.5. The van der Waals surface area contributed by atoms with Crippen molar-refractivity contribution in [3.63, 3.8) is 0 Å². The Bertz CT molecular complexity index is 572. The molecule has 1 heterocycles. The van der Waals surface area contributed by atoms with E-state index in [4.69, 9.17) is 0 Å². The van der Waals surface area contributed by atoms with Crippen molar-refractivity contribution in [2.45, 2.75) is 37.0 Å². The van der Waals surface area contributed by atoms with Gasteiger partial charge in [-0.3, -0.25) is 0 Å². The van der Waals surface area contributed by atoms with Crippen LogP contribution in [0.1, 0.15) is 24.5 Å². The number of sulfonamides is 1.